The summed E-state index contributed by atoms with van der Waals surface area (Å²) in [5.74, 6) is -1.26. The van der Waals surface area contributed by atoms with Gasteiger partial charge in [-0.25, -0.2) is 0 Å². The first kappa shape index (κ1) is 28.3. The normalized spacial score (nSPS) is 11.3. The van der Waals surface area contributed by atoms with Gasteiger partial charge in [0.25, 0.3) is 26.1 Å². The van der Waals surface area contributed by atoms with Crippen molar-refractivity contribution >= 4 is 145 Å². The number of carbonyl (C=O) groups excluding carboxylic acids is 1. The summed E-state index contributed by atoms with van der Waals surface area (Å²) in [5, 5.41) is 12.4. The summed E-state index contributed by atoms with van der Waals surface area (Å²) in [6, 6.07) is 11.4. The van der Waals surface area contributed by atoms with Crippen LogP contribution in [0.25, 0.3) is 10.8 Å². The maximum absolute atomic E-state index is 12.4. The van der Waals surface area contributed by atoms with Gasteiger partial charge >= 0.3 is 0 Å². The Balaban J connectivity index is 0.00000225. The number of amides is 1. The van der Waals surface area contributed by atoms with Gasteiger partial charge in [0, 0.05) is 120 Å². The number of rotatable bonds is 4. The summed E-state index contributed by atoms with van der Waals surface area (Å²) >= 11 is 0. The molecule has 0 fully saturated rings. The maximum atomic E-state index is 12.4. The summed E-state index contributed by atoms with van der Waals surface area (Å²) in [5.41, 5.74) is 0.0559. The minimum absolute atomic E-state index is 0. The van der Waals surface area contributed by atoms with E-state index in [9.17, 15) is 35.8 Å². The van der Waals surface area contributed by atoms with Gasteiger partial charge in [-0.1, -0.05) is 18.2 Å². The zero-order valence-electron chi connectivity index (χ0n) is 15.9. The van der Waals surface area contributed by atoms with E-state index in [0.717, 1.165) is 24.3 Å². The number of hydrogen-bond acceptors (Lipinski definition) is 6. The molecule has 0 aromatic heterocycles. The Morgan fingerprint density at radius 3 is 1.80 bits per heavy atom. The Bertz CT molecular complexity index is 1310. The third-order valence-corrected chi connectivity index (χ3v) is 5.52. The SMILES string of the molecule is O=C(Nc1cc(S(=O)(=O)O)cc2cc(S(=O)(=O)O)cc(O)c12)c1ccccc1.[K].[K]. The van der Waals surface area contributed by atoms with E-state index in [0.29, 0.717) is 0 Å². The summed E-state index contributed by atoms with van der Waals surface area (Å²) in [4.78, 5) is 11.1. The van der Waals surface area contributed by atoms with E-state index in [1.165, 1.54) is 12.1 Å². The summed E-state index contributed by atoms with van der Waals surface area (Å²) in [6.45, 7) is 0. The van der Waals surface area contributed by atoms with Gasteiger partial charge < -0.3 is 10.4 Å². The number of fused-ring (bicyclic) bond motifs is 1. The molecule has 0 atom stereocenters. The molecule has 0 saturated heterocycles. The molecular formula is C17H13K2NO8S2. The predicted molar refractivity (Wildman–Crippen MR) is 111 cm³/mol. The molecule has 0 unspecified atom stereocenters. The molecule has 148 valence electrons. The molecule has 0 bridgehead atoms. The van der Waals surface area contributed by atoms with Crippen molar-refractivity contribution < 1.29 is 35.8 Å². The number of nitrogens with one attached hydrogen (secondary N) is 1. The molecule has 3 aromatic rings. The van der Waals surface area contributed by atoms with Crippen LogP contribution < -0.4 is 5.32 Å². The molecule has 4 N–H and O–H groups in total. The van der Waals surface area contributed by atoms with E-state index < -0.39 is 41.7 Å². The van der Waals surface area contributed by atoms with Crippen LogP contribution in [0.5, 0.6) is 5.75 Å². The van der Waals surface area contributed by atoms with Gasteiger partial charge in [0.1, 0.15) is 5.75 Å². The van der Waals surface area contributed by atoms with Gasteiger partial charge in [0.2, 0.25) is 0 Å². The van der Waals surface area contributed by atoms with E-state index in [-0.39, 0.29) is 125 Å². The Morgan fingerprint density at radius 1 is 0.800 bits per heavy atom. The molecule has 0 aliphatic rings. The zero-order valence-corrected chi connectivity index (χ0v) is 23.8. The van der Waals surface area contributed by atoms with Crippen molar-refractivity contribution in [2.45, 2.75) is 9.79 Å². The van der Waals surface area contributed by atoms with Crippen molar-refractivity contribution in [3.63, 3.8) is 0 Å². The molecular weight excluding hydrogens is 489 g/mol. The Labute approximate surface area is 257 Å². The fourth-order valence-corrected chi connectivity index (χ4v) is 3.70. The van der Waals surface area contributed by atoms with Crippen LogP contribution >= 0.6 is 0 Å². The van der Waals surface area contributed by atoms with Gasteiger partial charge in [-0.05, 0) is 35.7 Å². The predicted octanol–water partition coefficient (Wildman–Crippen LogP) is 1.53. The van der Waals surface area contributed by atoms with Gasteiger partial charge in [0.05, 0.1) is 15.5 Å². The number of hydrogen-bond donors (Lipinski definition) is 4. The van der Waals surface area contributed by atoms with E-state index in [4.69, 9.17) is 0 Å². The van der Waals surface area contributed by atoms with Gasteiger partial charge in [-0.2, -0.15) is 16.8 Å². The number of anilines is 1. The topological polar surface area (TPSA) is 158 Å². The molecule has 0 aliphatic carbocycles. The standard InChI is InChI=1S/C17H13NO8S2.2K/c19-15-9-13(28(24,25)26)7-11-6-12(27(21,22)23)8-14(16(11)15)18-17(20)10-4-2-1-3-5-10;;/h1-9,19H,(H,18,20)(H,21,22,23)(H,24,25,26);;. The summed E-state index contributed by atoms with van der Waals surface area (Å²) in [6.07, 6.45) is 0. The molecule has 3 rings (SSSR count). The van der Waals surface area contributed by atoms with Gasteiger partial charge in [0.15, 0.2) is 0 Å². The van der Waals surface area contributed by atoms with E-state index >= 15 is 0 Å². The van der Waals surface area contributed by atoms with Crippen LogP contribution in [-0.2, 0) is 20.2 Å². The average molecular weight is 502 g/mol. The summed E-state index contributed by atoms with van der Waals surface area (Å²) < 4.78 is 64.4. The Morgan fingerprint density at radius 2 is 1.30 bits per heavy atom. The van der Waals surface area contributed by atoms with Crippen molar-refractivity contribution in [2.24, 2.45) is 0 Å². The first-order valence-corrected chi connectivity index (χ1v) is 10.5. The molecule has 2 radical (unpaired) electrons. The summed E-state index contributed by atoms with van der Waals surface area (Å²) in [7, 11) is -9.43. The molecule has 1 amide bonds. The van der Waals surface area contributed by atoms with Crippen LogP contribution in [0.2, 0.25) is 0 Å². The molecule has 0 saturated carbocycles. The Kier molecular flexibility index (Phi) is 10.3. The van der Waals surface area contributed by atoms with Crippen molar-refractivity contribution in [3.8, 4) is 5.75 Å². The second kappa shape index (κ2) is 10.9. The number of aromatic hydroxyl groups is 1. The third kappa shape index (κ3) is 6.65. The number of phenolic OH excluding ortho intramolecular Hbond substituents is 1. The van der Waals surface area contributed by atoms with E-state index in [1.54, 1.807) is 18.2 Å². The van der Waals surface area contributed by atoms with Gasteiger partial charge in [-0.15, -0.1) is 0 Å². The molecule has 0 aliphatic heterocycles. The monoisotopic (exact) mass is 501 g/mol. The van der Waals surface area contributed by atoms with Crippen LogP contribution in [0.4, 0.5) is 5.69 Å². The molecule has 30 heavy (non-hydrogen) atoms. The maximum Gasteiger partial charge on any atom is 0.294 e. The van der Waals surface area contributed by atoms with Crippen LogP contribution in [-0.4, -0.2) is 140 Å². The number of phenols is 1. The van der Waals surface area contributed by atoms with Crippen molar-refractivity contribution in [2.75, 3.05) is 5.32 Å². The minimum atomic E-state index is -4.72. The average Bonchev–Trinajstić information content (AvgIpc) is 2.60. The molecule has 0 heterocycles. The smallest absolute Gasteiger partial charge is 0.294 e. The molecule has 3 aromatic carbocycles. The number of carbonyl (C=O) groups is 1. The van der Waals surface area contributed by atoms with Crippen molar-refractivity contribution in [1.82, 2.24) is 0 Å². The third-order valence-electron chi connectivity index (χ3n) is 3.86. The first-order chi connectivity index (χ1) is 13.0. The van der Waals surface area contributed by atoms with Crippen LogP contribution in [0, 0.1) is 0 Å². The second-order valence-corrected chi connectivity index (χ2v) is 8.62. The largest absolute Gasteiger partial charge is 0.507 e. The van der Waals surface area contributed by atoms with E-state index in [2.05, 4.69) is 5.32 Å². The van der Waals surface area contributed by atoms with Gasteiger partial charge in [-0.3, -0.25) is 13.9 Å². The zero-order chi connectivity index (χ0) is 20.7. The van der Waals surface area contributed by atoms with Crippen molar-refractivity contribution in [1.29, 1.82) is 0 Å². The molecule has 0 spiro atoms. The second-order valence-electron chi connectivity index (χ2n) is 5.78. The molecule has 13 heteroatoms. The van der Waals surface area contributed by atoms with E-state index in [1.807, 2.05) is 0 Å². The quantitative estimate of drug-likeness (QED) is 0.309. The minimum Gasteiger partial charge on any atom is -0.507 e. The Hall–Kier alpha value is 0.283. The van der Waals surface area contributed by atoms with Crippen LogP contribution in [0.3, 0.4) is 0 Å². The van der Waals surface area contributed by atoms with Crippen molar-refractivity contribution in [3.05, 3.63) is 60.2 Å². The van der Waals surface area contributed by atoms with Crippen LogP contribution in [0.15, 0.2) is 64.4 Å². The fourth-order valence-electron chi connectivity index (χ4n) is 2.62. The number of benzene rings is 3. The molecule has 9 nitrogen and oxygen atoms in total. The first-order valence-electron chi connectivity index (χ1n) is 7.59. The fraction of sp³-hybridized carbons (Fsp3) is 0. The van der Waals surface area contributed by atoms with Crippen LogP contribution in [0.1, 0.15) is 10.4 Å².